The minimum absolute atomic E-state index is 0.162. The van der Waals surface area contributed by atoms with Gasteiger partial charge in [0.05, 0.1) is 5.54 Å². The molecule has 4 nitrogen and oxygen atoms in total. The first kappa shape index (κ1) is 16.4. The van der Waals surface area contributed by atoms with Crippen LogP contribution in [0.15, 0.2) is 0 Å². The first-order chi connectivity index (χ1) is 9.11. The topological polar surface area (TPSA) is 58.4 Å². The molecule has 112 valence electrons. The molecule has 19 heavy (non-hydrogen) atoms. The lowest BCUT2D eigenvalue weighted by atomic mass is 9.90. The number of carbonyl (C=O) groups is 1. The van der Waals surface area contributed by atoms with E-state index in [4.69, 9.17) is 5.73 Å². The van der Waals surface area contributed by atoms with E-state index < -0.39 is 5.54 Å². The Hall–Kier alpha value is -0.610. The van der Waals surface area contributed by atoms with Crippen molar-refractivity contribution < 1.29 is 4.79 Å². The Morgan fingerprint density at radius 1 is 1.21 bits per heavy atom. The molecule has 1 rings (SSSR count). The van der Waals surface area contributed by atoms with Crippen LogP contribution in [0.1, 0.15) is 58.8 Å². The van der Waals surface area contributed by atoms with E-state index >= 15 is 0 Å². The molecule has 1 amide bonds. The van der Waals surface area contributed by atoms with E-state index in [0.717, 1.165) is 45.4 Å². The number of carbonyl (C=O) groups excluding carboxylic acids is 1. The van der Waals surface area contributed by atoms with Gasteiger partial charge in [-0.3, -0.25) is 9.69 Å². The zero-order chi connectivity index (χ0) is 14.1. The third kappa shape index (κ3) is 5.11. The predicted molar refractivity (Wildman–Crippen MR) is 80.0 cm³/mol. The third-order valence-electron chi connectivity index (χ3n) is 4.34. The second kappa shape index (κ2) is 8.54. The van der Waals surface area contributed by atoms with Gasteiger partial charge in [0.25, 0.3) is 0 Å². The molecule has 0 aromatic rings. The van der Waals surface area contributed by atoms with Crippen LogP contribution < -0.4 is 11.1 Å². The molecule has 1 fully saturated rings. The summed E-state index contributed by atoms with van der Waals surface area (Å²) in [6, 6.07) is 0. The van der Waals surface area contributed by atoms with E-state index in [9.17, 15) is 4.79 Å². The van der Waals surface area contributed by atoms with Crippen molar-refractivity contribution in [2.75, 3.05) is 26.2 Å². The normalized spacial score (nSPS) is 20.7. The van der Waals surface area contributed by atoms with Crippen molar-refractivity contribution in [1.82, 2.24) is 10.2 Å². The van der Waals surface area contributed by atoms with Crippen LogP contribution in [0.3, 0.4) is 0 Å². The lowest BCUT2D eigenvalue weighted by molar-refractivity contribution is -0.129. The average Bonchev–Trinajstić information content (AvgIpc) is 2.67. The number of nitrogens with one attached hydrogen (secondary N) is 1. The quantitative estimate of drug-likeness (QED) is 0.662. The molecule has 0 aromatic carbocycles. The van der Waals surface area contributed by atoms with Gasteiger partial charge in [-0.1, -0.05) is 39.0 Å². The number of unbranched alkanes of at least 4 members (excludes halogenated alkanes) is 4. The molecule has 1 unspecified atom stereocenters. The van der Waals surface area contributed by atoms with Gasteiger partial charge >= 0.3 is 0 Å². The summed E-state index contributed by atoms with van der Waals surface area (Å²) in [5, 5.41) is 3.38. The summed E-state index contributed by atoms with van der Waals surface area (Å²) in [6.07, 6.45) is 8.12. The van der Waals surface area contributed by atoms with E-state index in [2.05, 4.69) is 17.1 Å². The van der Waals surface area contributed by atoms with Crippen molar-refractivity contribution >= 4 is 5.91 Å². The first-order valence-corrected chi connectivity index (χ1v) is 7.87. The van der Waals surface area contributed by atoms with Crippen LogP contribution in [0.5, 0.6) is 0 Å². The van der Waals surface area contributed by atoms with Crippen molar-refractivity contribution in [3.05, 3.63) is 0 Å². The third-order valence-corrected chi connectivity index (χ3v) is 4.34. The fraction of sp³-hybridized carbons (Fsp3) is 0.933. The molecule has 0 saturated carbocycles. The maximum absolute atomic E-state index is 11.9. The molecule has 1 aliphatic rings. The van der Waals surface area contributed by atoms with Crippen LogP contribution >= 0.6 is 0 Å². The first-order valence-electron chi connectivity index (χ1n) is 7.87. The average molecular weight is 269 g/mol. The highest BCUT2D eigenvalue weighted by atomic mass is 16.1. The van der Waals surface area contributed by atoms with Crippen molar-refractivity contribution in [2.45, 2.75) is 64.3 Å². The molecule has 0 spiro atoms. The second-order valence-electron chi connectivity index (χ2n) is 5.89. The molecule has 3 N–H and O–H groups in total. The summed E-state index contributed by atoms with van der Waals surface area (Å²) in [5.41, 5.74) is 5.23. The van der Waals surface area contributed by atoms with E-state index in [1.54, 1.807) is 0 Å². The summed E-state index contributed by atoms with van der Waals surface area (Å²) >= 11 is 0. The molecular weight excluding hydrogens is 238 g/mol. The lowest BCUT2D eigenvalue weighted by Crippen LogP contribution is -2.56. The Balaban J connectivity index is 2.49. The van der Waals surface area contributed by atoms with Crippen LogP contribution in [0, 0.1) is 0 Å². The van der Waals surface area contributed by atoms with Gasteiger partial charge in [0, 0.05) is 19.6 Å². The van der Waals surface area contributed by atoms with Crippen molar-refractivity contribution in [1.29, 1.82) is 0 Å². The van der Waals surface area contributed by atoms with E-state index in [1.165, 1.54) is 25.7 Å². The van der Waals surface area contributed by atoms with Crippen molar-refractivity contribution in [3.63, 3.8) is 0 Å². The van der Waals surface area contributed by atoms with Gasteiger partial charge in [0.1, 0.15) is 0 Å². The summed E-state index contributed by atoms with van der Waals surface area (Å²) in [4.78, 5) is 14.2. The maximum atomic E-state index is 11.9. The molecule has 0 bridgehead atoms. The maximum Gasteiger partial charge on any atom is 0.237 e. The molecule has 1 atom stereocenters. The summed E-state index contributed by atoms with van der Waals surface area (Å²) in [5.74, 6) is -0.162. The number of rotatable bonds is 8. The second-order valence-corrected chi connectivity index (χ2v) is 5.89. The number of hydrogen-bond acceptors (Lipinski definition) is 3. The van der Waals surface area contributed by atoms with Crippen LogP contribution in [-0.2, 0) is 4.79 Å². The Bertz CT molecular complexity index is 262. The highest BCUT2D eigenvalue weighted by Crippen LogP contribution is 2.23. The zero-order valence-electron chi connectivity index (χ0n) is 12.7. The monoisotopic (exact) mass is 269 g/mol. The van der Waals surface area contributed by atoms with Crippen LogP contribution in [-0.4, -0.2) is 42.5 Å². The van der Waals surface area contributed by atoms with Gasteiger partial charge in [-0.15, -0.1) is 0 Å². The Kier molecular flexibility index (Phi) is 7.39. The van der Waals surface area contributed by atoms with Crippen LogP contribution in [0.2, 0.25) is 0 Å². The Morgan fingerprint density at radius 3 is 2.63 bits per heavy atom. The fourth-order valence-electron chi connectivity index (χ4n) is 2.85. The largest absolute Gasteiger partial charge is 0.368 e. The molecular formula is C15H31N3O. The Morgan fingerprint density at radius 2 is 1.95 bits per heavy atom. The smallest absolute Gasteiger partial charge is 0.237 e. The SMILES string of the molecule is CCCCCCCC(C)(C(N)=O)N1CCCNCC1. The number of nitrogens with two attached hydrogens (primary N) is 1. The molecule has 0 aliphatic carbocycles. The number of amides is 1. The molecule has 4 heteroatoms. The molecule has 0 radical (unpaired) electrons. The van der Waals surface area contributed by atoms with E-state index in [1.807, 2.05) is 6.92 Å². The highest BCUT2D eigenvalue weighted by molar-refractivity contribution is 5.84. The van der Waals surface area contributed by atoms with E-state index in [-0.39, 0.29) is 5.91 Å². The van der Waals surface area contributed by atoms with Crippen molar-refractivity contribution in [2.24, 2.45) is 5.73 Å². The summed E-state index contributed by atoms with van der Waals surface area (Å²) < 4.78 is 0. The standard InChI is InChI=1S/C15H31N3O/c1-3-4-5-6-7-9-15(2,14(16)19)18-12-8-10-17-11-13-18/h17H,3-13H2,1-2H3,(H2,16,19). The molecule has 1 heterocycles. The molecule has 1 saturated heterocycles. The minimum Gasteiger partial charge on any atom is -0.368 e. The zero-order valence-corrected chi connectivity index (χ0v) is 12.7. The Labute approximate surface area is 118 Å². The predicted octanol–water partition coefficient (Wildman–Crippen LogP) is 1.89. The fourth-order valence-corrected chi connectivity index (χ4v) is 2.85. The van der Waals surface area contributed by atoms with Gasteiger partial charge in [-0.25, -0.2) is 0 Å². The molecule has 1 aliphatic heterocycles. The lowest BCUT2D eigenvalue weighted by Gasteiger charge is -2.38. The summed E-state index contributed by atoms with van der Waals surface area (Å²) in [7, 11) is 0. The van der Waals surface area contributed by atoms with Gasteiger partial charge in [0.2, 0.25) is 5.91 Å². The van der Waals surface area contributed by atoms with Crippen molar-refractivity contribution in [3.8, 4) is 0 Å². The highest BCUT2D eigenvalue weighted by Gasteiger charge is 2.36. The summed E-state index contributed by atoms with van der Waals surface area (Å²) in [6.45, 7) is 8.15. The van der Waals surface area contributed by atoms with Crippen LogP contribution in [0.25, 0.3) is 0 Å². The molecule has 0 aromatic heterocycles. The minimum atomic E-state index is -0.460. The van der Waals surface area contributed by atoms with Gasteiger partial charge in [-0.2, -0.15) is 0 Å². The number of hydrogen-bond donors (Lipinski definition) is 2. The number of primary amides is 1. The van der Waals surface area contributed by atoms with Crippen LogP contribution in [0.4, 0.5) is 0 Å². The van der Waals surface area contributed by atoms with Gasteiger partial charge < -0.3 is 11.1 Å². The number of nitrogens with zero attached hydrogens (tertiary/aromatic N) is 1. The van der Waals surface area contributed by atoms with Gasteiger partial charge in [0.15, 0.2) is 0 Å². The van der Waals surface area contributed by atoms with E-state index in [0.29, 0.717) is 0 Å². The van der Waals surface area contributed by atoms with Gasteiger partial charge in [-0.05, 0) is 26.3 Å².